The topological polar surface area (TPSA) is 18.5 Å². The summed E-state index contributed by atoms with van der Waals surface area (Å²) in [5, 5.41) is 0.327. The van der Waals surface area contributed by atoms with E-state index in [1.54, 1.807) is 30.3 Å². The molecule has 0 atom stereocenters. The Labute approximate surface area is 170 Å². The third-order valence-corrected chi connectivity index (χ3v) is 4.13. The third kappa shape index (κ3) is 5.74. The highest BCUT2D eigenvalue weighted by atomic mass is 35.5. The van der Waals surface area contributed by atoms with Gasteiger partial charge in [0.1, 0.15) is 12.4 Å². The second-order valence-electron chi connectivity index (χ2n) is 6.03. The molecule has 3 rings (SSSR count). The van der Waals surface area contributed by atoms with Gasteiger partial charge in [0, 0.05) is 5.02 Å². The Morgan fingerprint density at radius 3 is 2.28 bits per heavy atom. The first-order valence-electron chi connectivity index (χ1n) is 8.49. The zero-order valence-electron chi connectivity index (χ0n) is 14.9. The molecule has 2 nitrogen and oxygen atoms in total. The Kier molecular flexibility index (Phi) is 6.44. The molecule has 150 valence electrons. The van der Waals surface area contributed by atoms with Gasteiger partial charge in [-0.3, -0.25) is 0 Å². The molecule has 0 bridgehead atoms. The van der Waals surface area contributed by atoms with E-state index >= 15 is 0 Å². The molecule has 0 radical (unpaired) electrons. The molecule has 0 unspecified atom stereocenters. The number of allylic oxidation sites excluding steroid dienone is 1. The fourth-order valence-electron chi connectivity index (χ4n) is 2.48. The second-order valence-corrected chi connectivity index (χ2v) is 6.46. The quantitative estimate of drug-likeness (QED) is 0.304. The predicted molar refractivity (Wildman–Crippen MR) is 103 cm³/mol. The molecule has 0 amide bonds. The van der Waals surface area contributed by atoms with E-state index in [-0.39, 0.29) is 17.9 Å². The Morgan fingerprint density at radius 1 is 0.931 bits per heavy atom. The van der Waals surface area contributed by atoms with Crippen LogP contribution in [0.5, 0.6) is 11.5 Å². The van der Waals surface area contributed by atoms with Gasteiger partial charge in [0.05, 0.1) is 11.8 Å². The molecule has 0 spiro atoms. The van der Waals surface area contributed by atoms with Gasteiger partial charge >= 0.3 is 6.18 Å². The number of halogens is 5. The molecule has 29 heavy (non-hydrogen) atoms. The zero-order chi connectivity index (χ0) is 20.9. The normalized spacial score (nSPS) is 12.0. The predicted octanol–water partition coefficient (Wildman–Crippen LogP) is 7.39. The summed E-state index contributed by atoms with van der Waals surface area (Å²) in [4.78, 5) is 0. The smallest absolute Gasteiger partial charge is 0.419 e. The van der Waals surface area contributed by atoms with Gasteiger partial charge in [-0.05, 0) is 47.5 Å². The van der Waals surface area contributed by atoms with Crippen LogP contribution in [0.15, 0.2) is 79.1 Å². The fourth-order valence-corrected chi connectivity index (χ4v) is 2.61. The first-order valence-corrected chi connectivity index (χ1v) is 8.87. The van der Waals surface area contributed by atoms with Gasteiger partial charge in [-0.15, -0.1) is 0 Å². The van der Waals surface area contributed by atoms with Crippen LogP contribution >= 0.6 is 11.6 Å². The van der Waals surface area contributed by atoms with Crippen molar-refractivity contribution < 1.29 is 27.0 Å². The molecule has 0 aliphatic heterocycles. The number of para-hydroxylation sites is 1. The van der Waals surface area contributed by atoms with Crippen molar-refractivity contribution in [2.45, 2.75) is 12.8 Å². The molecular formula is C22H15ClF4O2. The summed E-state index contributed by atoms with van der Waals surface area (Å²) in [5.41, 5.74) is -0.572. The molecule has 0 aliphatic carbocycles. The maximum atomic E-state index is 14.0. The van der Waals surface area contributed by atoms with Gasteiger partial charge in [0.2, 0.25) is 0 Å². The van der Waals surface area contributed by atoms with Crippen LogP contribution in [0.2, 0.25) is 5.02 Å². The molecule has 0 aromatic heterocycles. The fraction of sp³-hybridized carbons (Fsp3) is 0.0909. The van der Waals surface area contributed by atoms with Gasteiger partial charge in [-0.2, -0.15) is 13.2 Å². The van der Waals surface area contributed by atoms with Gasteiger partial charge in [0.15, 0.2) is 11.6 Å². The lowest BCUT2D eigenvalue weighted by atomic mass is 10.1. The highest BCUT2D eigenvalue weighted by molar-refractivity contribution is 6.30. The van der Waals surface area contributed by atoms with Crippen molar-refractivity contribution >= 4 is 17.2 Å². The summed E-state index contributed by atoms with van der Waals surface area (Å²) < 4.78 is 64.6. The monoisotopic (exact) mass is 422 g/mol. The van der Waals surface area contributed by atoms with Gasteiger partial charge in [0.25, 0.3) is 0 Å². The molecule has 0 saturated carbocycles. The number of alkyl halides is 3. The number of hydrogen-bond donors (Lipinski definition) is 0. The minimum atomic E-state index is -4.61. The molecule has 0 saturated heterocycles. The lowest BCUT2D eigenvalue weighted by Gasteiger charge is -2.13. The minimum Gasteiger partial charge on any atom is -0.496 e. The zero-order valence-corrected chi connectivity index (χ0v) is 15.7. The highest BCUT2D eigenvalue weighted by Gasteiger charge is 2.35. The van der Waals surface area contributed by atoms with E-state index in [2.05, 4.69) is 0 Å². The number of rotatable bonds is 6. The van der Waals surface area contributed by atoms with Crippen LogP contribution in [0, 0.1) is 5.82 Å². The molecule has 0 aliphatic rings. The molecular weight excluding hydrogens is 408 g/mol. The van der Waals surface area contributed by atoms with E-state index in [0.29, 0.717) is 22.6 Å². The lowest BCUT2D eigenvalue weighted by Crippen LogP contribution is -2.11. The molecule has 0 N–H and O–H groups in total. The molecule has 0 heterocycles. The summed E-state index contributed by atoms with van der Waals surface area (Å²) in [6, 6.07) is 17.8. The largest absolute Gasteiger partial charge is 0.496 e. The number of ether oxygens (including phenoxy) is 2. The van der Waals surface area contributed by atoms with E-state index in [9.17, 15) is 17.6 Å². The van der Waals surface area contributed by atoms with Gasteiger partial charge in [-0.1, -0.05) is 48.0 Å². The molecule has 7 heteroatoms. The first kappa shape index (κ1) is 20.7. The van der Waals surface area contributed by atoms with E-state index < -0.39 is 17.6 Å². The Morgan fingerprint density at radius 2 is 1.62 bits per heavy atom. The van der Waals surface area contributed by atoms with Crippen molar-refractivity contribution in [3.05, 3.63) is 101 Å². The van der Waals surface area contributed by atoms with E-state index in [4.69, 9.17) is 21.1 Å². The highest BCUT2D eigenvalue weighted by Crippen LogP contribution is 2.34. The summed E-state index contributed by atoms with van der Waals surface area (Å²) in [5.74, 6) is -0.202. The average molecular weight is 423 g/mol. The summed E-state index contributed by atoms with van der Waals surface area (Å²) in [6.07, 6.45) is -3.97. The van der Waals surface area contributed by atoms with E-state index in [0.717, 1.165) is 0 Å². The summed E-state index contributed by atoms with van der Waals surface area (Å²) in [6.45, 7) is -0.196. The van der Waals surface area contributed by atoms with Gasteiger partial charge in [-0.25, -0.2) is 4.39 Å². The average Bonchev–Trinajstić information content (AvgIpc) is 2.68. The first-order chi connectivity index (χ1) is 13.8. The van der Waals surface area contributed by atoms with Crippen molar-refractivity contribution in [2.75, 3.05) is 0 Å². The molecule has 3 aromatic rings. The Hall–Kier alpha value is -2.99. The SMILES string of the molecule is Fc1ccc(COC=C(c2ccc(Cl)cc2)C(F)(F)F)cc1Oc1ccccc1. The molecule has 3 aromatic carbocycles. The standard InChI is InChI=1S/C22H15ClF4O2/c23-17-9-7-16(8-10-17)19(22(25,26)27)14-28-13-15-6-11-20(24)21(12-15)29-18-4-2-1-3-5-18/h1-12,14H,13H2. The van der Waals surface area contributed by atoms with Crippen LogP contribution in [0.3, 0.4) is 0 Å². The molecule has 0 fully saturated rings. The van der Waals surface area contributed by atoms with Crippen LogP contribution in [0.1, 0.15) is 11.1 Å². The van der Waals surface area contributed by atoms with Crippen LogP contribution in [0.4, 0.5) is 17.6 Å². The van der Waals surface area contributed by atoms with Crippen molar-refractivity contribution in [3.63, 3.8) is 0 Å². The number of benzene rings is 3. The van der Waals surface area contributed by atoms with Crippen molar-refractivity contribution in [3.8, 4) is 11.5 Å². The minimum absolute atomic E-state index is 0.0463. The maximum absolute atomic E-state index is 14.0. The van der Waals surface area contributed by atoms with Crippen molar-refractivity contribution in [1.82, 2.24) is 0 Å². The summed E-state index contributed by atoms with van der Waals surface area (Å²) in [7, 11) is 0. The maximum Gasteiger partial charge on any atom is 0.419 e. The van der Waals surface area contributed by atoms with Crippen LogP contribution in [-0.4, -0.2) is 6.18 Å². The van der Waals surface area contributed by atoms with E-state index in [1.165, 1.54) is 42.5 Å². The van der Waals surface area contributed by atoms with Crippen LogP contribution in [-0.2, 0) is 11.3 Å². The van der Waals surface area contributed by atoms with Crippen molar-refractivity contribution in [1.29, 1.82) is 0 Å². The lowest BCUT2D eigenvalue weighted by molar-refractivity contribution is -0.0704. The van der Waals surface area contributed by atoms with Gasteiger partial charge < -0.3 is 9.47 Å². The Bertz CT molecular complexity index is 984. The summed E-state index contributed by atoms with van der Waals surface area (Å²) >= 11 is 5.73. The van der Waals surface area contributed by atoms with Crippen LogP contribution in [0.25, 0.3) is 5.57 Å². The Balaban J connectivity index is 1.75. The number of hydrogen-bond acceptors (Lipinski definition) is 2. The van der Waals surface area contributed by atoms with Crippen LogP contribution < -0.4 is 4.74 Å². The third-order valence-electron chi connectivity index (χ3n) is 3.88. The second kappa shape index (κ2) is 9.01. The van der Waals surface area contributed by atoms with E-state index in [1.807, 2.05) is 0 Å². The van der Waals surface area contributed by atoms with Crippen molar-refractivity contribution in [2.24, 2.45) is 0 Å².